The molecule has 0 aliphatic carbocycles. The molecule has 25 heavy (non-hydrogen) atoms. The standard InChI is InChI=1S/C18H15N3O4/c1-12-3-4-13(10-17(12)21(23)24)9-14(11-19)18(22)20-15-5-7-16(25-2)8-6-15/h3-10H,1-2H3,(H,20,22)/b14-9-. The predicted octanol–water partition coefficient (Wildman–Crippen LogP) is 3.46. The molecule has 1 amide bonds. The van der Waals surface area contributed by atoms with Crippen LogP contribution in [0.2, 0.25) is 0 Å². The molecule has 7 heteroatoms. The summed E-state index contributed by atoms with van der Waals surface area (Å²) < 4.78 is 5.03. The SMILES string of the molecule is COc1ccc(NC(=O)/C(C#N)=C\c2ccc(C)c([N+](=O)[O-])c2)cc1. The summed E-state index contributed by atoms with van der Waals surface area (Å²) in [6.45, 7) is 1.62. The number of carbonyl (C=O) groups is 1. The minimum absolute atomic E-state index is 0.0680. The molecule has 126 valence electrons. The summed E-state index contributed by atoms with van der Waals surface area (Å²) in [5.74, 6) is 0.0388. The van der Waals surface area contributed by atoms with Gasteiger partial charge in [-0.25, -0.2) is 0 Å². The summed E-state index contributed by atoms with van der Waals surface area (Å²) in [5, 5.41) is 22.8. The van der Waals surface area contributed by atoms with E-state index in [2.05, 4.69) is 5.32 Å². The van der Waals surface area contributed by atoms with E-state index in [0.717, 1.165) is 0 Å². The van der Waals surface area contributed by atoms with Crippen molar-refractivity contribution in [3.05, 3.63) is 69.3 Å². The lowest BCUT2D eigenvalue weighted by Crippen LogP contribution is -2.13. The molecule has 2 rings (SSSR count). The van der Waals surface area contributed by atoms with Gasteiger partial charge < -0.3 is 10.1 Å². The maximum absolute atomic E-state index is 12.2. The number of aryl methyl sites for hydroxylation is 1. The highest BCUT2D eigenvalue weighted by molar-refractivity contribution is 6.09. The molecular formula is C18H15N3O4. The first kappa shape index (κ1) is 17.7. The molecule has 0 spiro atoms. The van der Waals surface area contributed by atoms with Crippen molar-refractivity contribution < 1.29 is 14.5 Å². The maximum Gasteiger partial charge on any atom is 0.272 e. The van der Waals surface area contributed by atoms with Gasteiger partial charge in [-0.2, -0.15) is 5.26 Å². The van der Waals surface area contributed by atoms with Crippen molar-refractivity contribution in [3.63, 3.8) is 0 Å². The molecule has 0 bridgehead atoms. The zero-order chi connectivity index (χ0) is 18.4. The van der Waals surface area contributed by atoms with Gasteiger partial charge in [0.1, 0.15) is 17.4 Å². The molecule has 0 atom stereocenters. The van der Waals surface area contributed by atoms with Crippen molar-refractivity contribution in [2.75, 3.05) is 12.4 Å². The first-order valence-corrected chi connectivity index (χ1v) is 7.27. The van der Waals surface area contributed by atoms with E-state index < -0.39 is 10.8 Å². The van der Waals surface area contributed by atoms with Crippen LogP contribution in [0.5, 0.6) is 5.75 Å². The smallest absolute Gasteiger partial charge is 0.272 e. The molecule has 0 heterocycles. The van der Waals surface area contributed by atoms with E-state index in [-0.39, 0.29) is 11.3 Å². The van der Waals surface area contributed by atoms with E-state index in [1.165, 1.54) is 19.3 Å². The molecule has 0 unspecified atom stereocenters. The minimum atomic E-state index is -0.601. The van der Waals surface area contributed by atoms with Gasteiger partial charge in [0.15, 0.2) is 0 Å². The number of ether oxygens (including phenoxy) is 1. The molecule has 0 aliphatic rings. The number of hydrogen-bond donors (Lipinski definition) is 1. The van der Waals surface area contributed by atoms with Gasteiger partial charge in [0.25, 0.3) is 11.6 Å². The average Bonchev–Trinajstić information content (AvgIpc) is 2.61. The fourth-order valence-electron chi connectivity index (χ4n) is 2.10. The van der Waals surface area contributed by atoms with Crippen LogP contribution < -0.4 is 10.1 Å². The number of amides is 1. The van der Waals surface area contributed by atoms with Crippen molar-refractivity contribution in [1.29, 1.82) is 5.26 Å². The normalized spacial score (nSPS) is 10.7. The van der Waals surface area contributed by atoms with Crippen LogP contribution in [0.15, 0.2) is 48.0 Å². The van der Waals surface area contributed by atoms with Gasteiger partial charge in [0.05, 0.1) is 12.0 Å². The molecule has 0 radical (unpaired) electrons. The van der Waals surface area contributed by atoms with Gasteiger partial charge in [-0.15, -0.1) is 0 Å². The van der Waals surface area contributed by atoms with Crippen LogP contribution in [0.1, 0.15) is 11.1 Å². The van der Waals surface area contributed by atoms with Crippen molar-refractivity contribution in [1.82, 2.24) is 0 Å². The van der Waals surface area contributed by atoms with Crippen LogP contribution in [-0.2, 0) is 4.79 Å². The Morgan fingerprint density at radius 2 is 1.96 bits per heavy atom. The van der Waals surface area contributed by atoms with Crippen LogP contribution in [0.4, 0.5) is 11.4 Å². The fourth-order valence-corrected chi connectivity index (χ4v) is 2.10. The zero-order valence-corrected chi connectivity index (χ0v) is 13.6. The number of anilines is 1. The monoisotopic (exact) mass is 337 g/mol. The second-order valence-electron chi connectivity index (χ2n) is 5.16. The summed E-state index contributed by atoms with van der Waals surface area (Å²) in [6, 6.07) is 13.0. The number of hydrogen-bond acceptors (Lipinski definition) is 5. The fraction of sp³-hybridized carbons (Fsp3) is 0.111. The Morgan fingerprint density at radius 1 is 1.28 bits per heavy atom. The summed E-state index contributed by atoms with van der Waals surface area (Å²) in [5.41, 5.74) is 1.18. The van der Waals surface area contributed by atoms with Gasteiger partial charge in [-0.1, -0.05) is 12.1 Å². The molecule has 0 aliphatic heterocycles. The van der Waals surface area contributed by atoms with Crippen LogP contribution in [0, 0.1) is 28.4 Å². The molecule has 2 aromatic rings. The zero-order valence-electron chi connectivity index (χ0n) is 13.6. The highest BCUT2D eigenvalue weighted by Crippen LogP contribution is 2.21. The lowest BCUT2D eigenvalue weighted by Gasteiger charge is -2.06. The highest BCUT2D eigenvalue weighted by atomic mass is 16.6. The van der Waals surface area contributed by atoms with Crippen LogP contribution in [-0.4, -0.2) is 17.9 Å². The van der Waals surface area contributed by atoms with Crippen LogP contribution in [0.3, 0.4) is 0 Å². The highest BCUT2D eigenvalue weighted by Gasteiger charge is 2.13. The largest absolute Gasteiger partial charge is 0.497 e. The minimum Gasteiger partial charge on any atom is -0.497 e. The number of nitrogens with zero attached hydrogens (tertiary/aromatic N) is 2. The third-order valence-corrected chi connectivity index (χ3v) is 3.45. The Hall–Kier alpha value is -3.66. The van der Waals surface area contributed by atoms with Gasteiger partial charge >= 0.3 is 0 Å². The molecule has 2 aromatic carbocycles. The van der Waals surface area contributed by atoms with Crippen molar-refractivity contribution in [2.24, 2.45) is 0 Å². The third kappa shape index (κ3) is 4.42. The number of carbonyl (C=O) groups excluding carboxylic acids is 1. The Kier molecular flexibility index (Phi) is 5.48. The van der Waals surface area contributed by atoms with Crippen molar-refractivity contribution in [3.8, 4) is 11.8 Å². The number of nitro groups is 1. The Labute approximate surface area is 144 Å². The summed E-state index contributed by atoms with van der Waals surface area (Å²) in [7, 11) is 1.53. The number of nitro benzene ring substituents is 1. The Balaban J connectivity index is 2.24. The van der Waals surface area contributed by atoms with Gasteiger partial charge in [0, 0.05) is 17.3 Å². The molecule has 1 N–H and O–H groups in total. The lowest BCUT2D eigenvalue weighted by atomic mass is 10.1. The number of rotatable bonds is 5. The van der Waals surface area contributed by atoms with E-state index in [0.29, 0.717) is 22.6 Å². The average molecular weight is 337 g/mol. The third-order valence-electron chi connectivity index (χ3n) is 3.45. The van der Waals surface area contributed by atoms with E-state index in [1.807, 2.05) is 6.07 Å². The van der Waals surface area contributed by atoms with Crippen LogP contribution >= 0.6 is 0 Å². The van der Waals surface area contributed by atoms with E-state index >= 15 is 0 Å². The Bertz CT molecular complexity index is 880. The quantitative estimate of drug-likeness (QED) is 0.389. The number of nitriles is 1. The second-order valence-corrected chi connectivity index (χ2v) is 5.16. The molecule has 0 aromatic heterocycles. The number of nitrogens with one attached hydrogen (secondary N) is 1. The molecule has 0 fully saturated rings. The first-order valence-electron chi connectivity index (χ1n) is 7.27. The van der Waals surface area contributed by atoms with E-state index in [1.54, 1.807) is 43.3 Å². The molecule has 7 nitrogen and oxygen atoms in total. The predicted molar refractivity (Wildman–Crippen MR) is 93.0 cm³/mol. The van der Waals surface area contributed by atoms with E-state index in [4.69, 9.17) is 4.74 Å². The second kappa shape index (κ2) is 7.75. The van der Waals surface area contributed by atoms with Crippen LogP contribution in [0.25, 0.3) is 6.08 Å². The summed E-state index contributed by atoms with van der Waals surface area (Å²) >= 11 is 0. The maximum atomic E-state index is 12.2. The first-order chi connectivity index (χ1) is 11.9. The lowest BCUT2D eigenvalue weighted by molar-refractivity contribution is -0.385. The van der Waals surface area contributed by atoms with Gasteiger partial charge in [0.2, 0.25) is 0 Å². The molecular weight excluding hydrogens is 322 g/mol. The summed E-state index contributed by atoms with van der Waals surface area (Å²) in [4.78, 5) is 22.7. The van der Waals surface area contributed by atoms with E-state index in [9.17, 15) is 20.2 Å². The van der Waals surface area contributed by atoms with Crippen molar-refractivity contribution in [2.45, 2.75) is 6.92 Å². The molecule has 0 saturated carbocycles. The number of methoxy groups -OCH3 is 1. The summed E-state index contributed by atoms with van der Waals surface area (Å²) in [6.07, 6.45) is 1.31. The molecule has 0 saturated heterocycles. The number of benzene rings is 2. The van der Waals surface area contributed by atoms with Crippen molar-refractivity contribution >= 4 is 23.4 Å². The Morgan fingerprint density at radius 3 is 2.52 bits per heavy atom. The van der Waals surface area contributed by atoms with Gasteiger partial charge in [-0.3, -0.25) is 14.9 Å². The van der Waals surface area contributed by atoms with Gasteiger partial charge in [-0.05, 0) is 42.8 Å². The topological polar surface area (TPSA) is 105 Å².